The number of nitrogen functional groups attached to an aromatic ring is 1. The van der Waals surface area contributed by atoms with E-state index in [0.29, 0.717) is 5.82 Å². The lowest BCUT2D eigenvalue weighted by molar-refractivity contribution is 0.787. The topological polar surface area (TPSA) is 69.6 Å². The van der Waals surface area contributed by atoms with Gasteiger partial charge in [0.2, 0.25) is 0 Å². The monoisotopic (exact) mass is 235 g/mol. The molecule has 0 saturated carbocycles. The molecule has 2 rings (SSSR count). The Balaban J connectivity index is 2.28. The van der Waals surface area contributed by atoms with Crippen LogP contribution in [-0.4, -0.2) is 19.5 Å². The molecule has 0 saturated heterocycles. The van der Waals surface area contributed by atoms with E-state index in [9.17, 15) is 0 Å². The van der Waals surface area contributed by atoms with Gasteiger partial charge in [-0.1, -0.05) is 6.92 Å². The Morgan fingerprint density at radius 2 is 2.25 bits per heavy atom. The van der Waals surface area contributed by atoms with Crippen molar-refractivity contribution in [1.29, 1.82) is 0 Å². The maximum atomic E-state index is 5.71. The van der Waals surface area contributed by atoms with Gasteiger partial charge in [-0.15, -0.1) is 0 Å². The number of hydrogen-bond donors (Lipinski definition) is 1. The highest BCUT2D eigenvalue weighted by Gasteiger charge is 2.06. The summed E-state index contributed by atoms with van der Waals surface area (Å²) in [6.07, 6.45) is 4.43. The van der Waals surface area contributed by atoms with Crippen molar-refractivity contribution in [2.24, 2.45) is 7.05 Å². The van der Waals surface area contributed by atoms with Crippen molar-refractivity contribution in [2.75, 3.05) is 5.73 Å². The van der Waals surface area contributed by atoms with Crippen LogP contribution in [0.3, 0.4) is 0 Å². The van der Waals surface area contributed by atoms with Crippen molar-refractivity contribution in [1.82, 2.24) is 19.5 Å². The van der Waals surface area contributed by atoms with Gasteiger partial charge in [0.25, 0.3) is 0 Å². The fourth-order valence-corrected chi connectivity index (χ4v) is 2.08. The first kappa shape index (κ1) is 10.9. The minimum Gasteiger partial charge on any atom is -0.384 e. The van der Waals surface area contributed by atoms with Gasteiger partial charge in [-0.25, -0.2) is 15.0 Å². The van der Waals surface area contributed by atoms with Crippen LogP contribution in [0.15, 0.2) is 28.6 Å². The van der Waals surface area contributed by atoms with Gasteiger partial charge >= 0.3 is 0 Å². The van der Waals surface area contributed by atoms with E-state index in [2.05, 4.69) is 15.0 Å². The lowest BCUT2D eigenvalue weighted by Crippen LogP contribution is -2.00. The fraction of sp³-hybridized carbons (Fsp3) is 0.300. The van der Waals surface area contributed by atoms with E-state index in [4.69, 9.17) is 5.73 Å². The largest absolute Gasteiger partial charge is 0.384 e. The number of aryl methyl sites for hydroxylation is 2. The lowest BCUT2D eigenvalue weighted by atomic mass is 10.4. The number of aromatic nitrogens is 4. The second-order valence-corrected chi connectivity index (χ2v) is 4.31. The third-order valence-electron chi connectivity index (χ3n) is 2.06. The SMILES string of the molecule is CCc1nc(N)cc(Sc2nccn2C)n1. The Morgan fingerprint density at radius 1 is 1.44 bits per heavy atom. The third-order valence-corrected chi connectivity index (χ3v) is 3.05. The average Bonchev–Trinajstić information content (AvgIpc) is 2.63. The second-order valence-electron chi connectivity index (χ2n) is 3.32. The van der Waals surface area contributed by atoms with Crippen molar-refractivity contribution in [3.63, 3.8) is 0 Å². The third kappa shape index (κ3) is 2.33. The fourth-order valence-electron chi connectivity index (χ4n) is 1.25. The van der Waals surface area contributed by atoms with Crippen molar-refractivity contribution in [3.05, 3.63) is 24.3 Å². The van der Waals surface area contributed by atoms with Crippen LogP contribution in [0.1, 0.15) is 12.7 Å². The summed E-state index contributed by atoms with van der Waals surface area (Å²) in [5, 5.41) is 1.72. The average molecular weight is 235 g/mol. The quantitative estimate of drug-likeness (QED) is 0.816. The van der Waals surface area contributed by atoms with Gasteiger partial charge in [0.05, 0.1) is 0 Å². The summed E-state index contributed by atoms with van der Waals surface area (Å²) in [5.74, 6) is 1.26. The minimum atomic E-state index is 0.503. The molecule has 0 aliphatic carbocycles. The van der Waals surface area contributed by atoms with Gasteiger partial charge in [-0.05, 0) is 11.8 Å². The van der Waals surface area contributed by atoms with E-state index in [0.717, 1.165) is 22.4 Å². The number of nitrogens with two attached hydrogens (primary N) is 1. The summed E-state index contributed by atoms with van der Waals surface area (Å²) in [5.41, 5.74) is 5.71. The lowest BCUT2D eigenvalue weighted by Gasteiger charge is -2.03. The number of hydrogen-bond acceptors (Lipinski definition) is 5. The molecule has 2 aromatic rings. The van der Waals surface area contributed by atoms with E-state index in [1.54, 1.807) is 12.3 Å². The van der Waals surface area contributed by atoms with E-state index in [-0.39, 0.29) is 0 Å². The molecule has 0 spiro atoms. The summed E-state index contributed by atoms with van der Waals surface area (Å²) in [4.78, 5) is 12.7. The number of nitrogens with zero attached hydrogens (tertiary/aromatic N) is 4. The normalized spacial score (nSPS) is 10.6. The van der Waals surface area contributed by atoms with Crippen molar-refractivity contribution >= 4 is 17.6 Å². The summed E-state index contributed by atoms with van der Waals surface area (Å²) in [7, 11) is 1.95. The van der Waals surface area contributed by atoms with Gasteiger partial charge < -0.3 is 10.3 Å². The van der Waals surface area contributed by atoms with Crippen molar-refractivity contribution in [2.45, 2.75) is 23.5 Å². The van der Waals surface area contributed by atoms with Gasteiger partial charge in [0, 0.05) is 31.9 Å². The zero-order chi connectivity index (χ0) is 11.5. The van der Waals surface area contributed by atoms with Gasteiger partial charge in [-0.3, -0.25) is 0 Å². The van der Waals surface area contributed by atoms with E-state index < -0.39 is 0 Å². The molecule has 0 aromatic carbocycles. The van der Waals surface area contributed by atoms with Crippen LogP contribution < -0.4 is 5.73 Å². The van der Waals surface area contributed by atoms with E-state index >= 15 is 0 Å². The molecule has 0 atom stereocenters. The molecular weight excluding hydrogens is 222 g/mol. The zero-order valence-corrected chi connectivity index (χ0v) is 10.0. The summed E-state index contributed by atoms with van der Waals surface area (Å²) in [6, 6.07) is 1.76. The summed E-state index contributed by atoms with van der Waals surface area (Å²) < 4.78 is 1.94. The first-order valence-corrected chi connectivity index (χ1v) is 5.79. The number of anilines is 1. The Hall–Kier alpha value is -1.56. The molecule has 2 aromatic heterocycles. The van der Waals surface area contributed by atoms with Crippen LogP contribution >= 0.6 is 11.8 Å². The van der Waals surface area contributed by atoms with Crippen LogP contribution in [0.25, 0.3) is 0 Å². The molecule has 16 heavy (non-hydrogen) atoms. The van der Waals surface area contributed by atoms with E-state index in [1.165, 1.54) is 11.8 Å². The number of rotatable bonds is 3. The molecule has 0 aliphatic heterocycles. The number of imidazole rings is 1. The molecule has 84 valence electrons. The highest BCUT2D eigenvalue weighted by molar-refractivity contribution is 7.99. The molecule has 5 nitrogen and oxygen atoms in total. The van der Waals surface area contributed by atoms with Crippen molar-refractivity contribution in [3.8, 4) is 0 Å². The van der Waals surface area contributed by atoms with Gasteiger partial charge in [0.1, 0.15) is 16.7 Å². The maximum absolute atomic E-state index is 5.71. The Bertz CT molecular complexity index is 494. The van der Waals surface area contributed by atoms with Gasteiger partial charge in [0.15, 0.2) is 5.16 Å². The summed E-state index contributed by atoms with van der Waals surface area (Å²) in [6.45, 7) is 2.00. The molecule has 6 heteroatoms. The molecule has 0 radical (unpaired) electrons. The van der Waals surface area contributed by atoms with Crippen LogP contribution in [0.4, 0.5) is 5.82 Å². The summed E-state index contributed by atoms with van der Waals surface area (Å²) >= 11 is 1.49. The highest BCUT2D eigenvalue weighted by atomic mass is 32.2. The highest BCUT2D eigenvalue weighted by Crippen LogP contribution is 2.24. The minimum absolute atomic E-state index is 0.503. The van der Waals surface area contributed by atoms with Crippen LogP contribution in [0, 0.1) is 0 Å². The maximum Gasteiger partial charge on any atom is 0.174 e. The Labute approximate surface area is 98.1 Å². The first-order valence-electron chi connectivity index (χ1n) is 4.97. The Morgan fingerprint density at radius 3 is 2.88 bits per heavy atom. The van der Waals surface area contributed by atoms with Crippen molar-refractivity contribution < 1.29 is 0 Å². The molecule has 2 heterocycles. The predicted molar refractivity (Wildman–Crippen MR) is 63.2 cm³/mol. The standard InChI is InChI=1S/C10H13N5S/c1-3-8-13-7(11)6-9(14-8)16-10-12-4-5-15(10)2/h4-6H,3H2,1-2H3,(H2,11,13,14). The zero-order valence-electron chi connectivity index (χ0n) is 9.21. The van der Waals surface area contributed by atoms with Crippen LogP contribution in [-0.2, 0) is 13.5 Å². The molecule has 2 N–H and O–H groups in total. The molecule has 0 amide bonds. The molecule has 0 bridgehead atoms. The second kappa shape index (κ2) is 4.52. The molecular formula is C10H13N5S. The van der Waals surface area contributed by atoms with Crippen LogP contribution in [0.5, 0.6) is 0 Å². The van der Waals surface area contributed by atoms with Crippen LogP contribution in [0.2, 0.25) is 0 Å². The van der Waals surface area contributed by atoms with E-state index in [1.807, 2.05) is 24.7 Å². The molecule has 0 fully saturated rings. The molecule has 0 aliphatic rings. The molecule has 0 unspecified atom stereocenters. The Kier molecular flexibility index (Phi) is 3.09. The van der Waals surface area contributed by atoms with Gasteiger partial charge in [-0.2, -0.15) is 0 Å². The smallest absolute Gasteiger partial charge is 0.174 e. The first-order chi connectivity index (χ1) is 7.69. The predicted octanol–water partition coefficient (Wildman–Crippen LogP) is 1.51.